The molecule has 1 heterocycles. The van der Waals surface area contributed by atoms with E-state index < -0.39 is 22.0 Å². The number of fused-ring (bicyclic) bond motifs is 1. The Morgan fingerprint density at radius 1 is 0.906 bits per heavy atom. The van der Waals surface area contributed by atoms with Gasteiger partial charge in [0.2, 0.25) is 21.1 Å². The number of hydrogen-bond acceptors (Lipinski definition) is 6. The van der Waals surface area contributed by atoms with Gasteiger partial charge in [0.1, 0.15) is 11.0 Å². The average molecular weight is 467 g/mol. The van der Waals surface area contributed by atoms with Crippen molar-refractivity contribution in [2.24, 2.45) is 5.92 Å². The molecule has 1 amide bonds. The first-order valence-corrected chi connectivity index (χ1v) is 12.3. The van der Waals surface area contributed by atoms with E-state index in [1.807, 2.05) is 54.6 Å². The third kappa shape index (κ3) is 4.85. The van der Waals surface area contributed by atoms with Crippen LogP contribution in [0.5, 0.6) is 0 Å². The fraction of sp³-hybridized carbons (Fsp3) is 0.174. The summed E-state index contributed by atoms with van der Waals surface area (Å²) in [5.41, 5.74) is 0.892. The van der Waals surface area contributed by atoms with E-state index in [4.69, 9.17) is 0 Å². The minimum atomic E-state index is -3.91. The van der Waals surface area contributed by atoms with E-state index in [0.717, 1.165) is 16.3 Å². The van der Waals surface area contributed by atoms with E-state index in [1.54, 1.807) is 26.0 Å². The summed E-state index contributed by atoms with van der Waals surface area (Å²) in [5.74, 6) is -0.771. The molecule has 0 aliphatic rings. The standard InChI is InChI=1S/C23H22N4O3S2/c1-15(2)20(21(28)24-23-26-25-22(31-23)17-9-4-3-5-10-17)27-32(29,30)19-13-12-16-8-6-7-11-18(16)14-19/h3-15,20,27H,1-2H3,(H,24,26,28). The predicted octanol–water partition coefficient (Wildman–Crippen LogP) is 4.30. The average Bonchev–Trinajstić information content (AvgIpc) is 3.26. The van der Waals surface area contributed by atoms with E-state index in [1.165, 1.54) is 17.4 Å². The number of carbonyl (C=O) groups excluding carboxylic acids is 1. The molecule has 164 valence electrons. The highest BCUT2D eigenvalue weighted by Gasteiger charge is 2.29. The van der Waals surface area contributed by atoms with Crippen molar-refractivity contribution < 1.29 is 13.2 Å². The Kier molecular flexibility index (Phi) is 6.31. The van der Waals surface area contributed by atoms with Gasteiger partial charge in [0.15, 0.2) is 0 Å². The molecule has 1 unspecified atom stereocenters. The normalized spacial score (nSPS) is 12.7. The third-order valence-electron chi connectivity index (χ3n) is 4.94. The van der Waals surface area contributed by atoms with Crippen LogP contribution < -0.4 is 10.0 Å². The lowest BCUT2D eigenvalue weighted by atomic mass is 10.1. The van der Waals surface area contributed by atoms with Crippen LogP contribution in [0, 0.1) is 5.92 Å². The van der Waals surface area contributed by atoms with Crippen molar-refractivity contribution in [3.8, 4) is 10.6 Å². The van der Waals surface area contributed by atoms with Crippen LogP contribution in [-0.4, -0.2) is 30.6 Å². The lowest BCUT2D eigenvalue weighted by Gasteiger charge is -2.21. The zero-order chi connectivity index (χ0) is 22.7. The molecule has 4 rings (SSSR count). The summed E-state index contributed by atoms with van der Waals surface area (Å²) in [7, 11) is -3.91. The molecule has 0 saturated heterocycles. The first-order valence-electron chi connectivity index (χ1n) is 10.0. The Balaban J connectivity index is 1.52. The number of sulfonamides is 1. The topological polar surface area (TPSA) is 101 Å². The zero-order valence-electron chi connectivity index (χ0n) is 17.5. The van der Waals surface area contributed by atoms with Gasteiger partial charge in [-0.2, -0.15) is 4.72 Å². The summed E-state index contributed by atoms with van der Waals surface area (Å²) >= 11 is 1.23. The van der Waals surface area contributed by atoms with Crippen LogP contribution in [-0.2, 0) is 14.8 Å². The lowest BCUT2D eigenvalue weighted by molar-refractivity contribution is -0.118. The highest BCUT2D eigenvalue weighted by molar-refractivity contribution is 7.89. The molecule has 0 fully saturated rings. The zero-order valence-corrected chi connectivity index (χ0v) is 19.2. The molecule has 0 aliphatic carbocycles. The number of benzene rings is 3. The van der Waals surface area contributed by atoms with Gasteiger partial charge < -0.3 is 0 Å². The van der Waals surface area contributed by atoms with Crippen LogP contribution in [0.3, 0.4) is 0 Å². The minimum Gasteiger partial charge on any atom is -0.299 e. The summed E-state index contributed by atoms with van der Waals surface area (Å²) in [5, 5.41) is 13.6. The number of nitrogens with one attached hydrogen (secondary N) is 2. The molecule has 0 radical (unpaired) electrons. The molecule has 1 atom stereocenters. The number of anilines is 1. The van der Waals surface area contributed by atoms with Crippen LogP contribution in [0.4, 0.5) is 5.13 Å². The fourth-order valence-corrected chi connectivity index (χ4v) is 5.35. The number of hydrogen-bond donors (Lipinski definition) is 2. The van der Waals surface area contributed by atoms with Crippen LogP contribution in [0.1, 0.15) is 13.8 Å². The van der Waals surface area contributed by atoms with Gasteiger partial charge in [0.05, 0.1) is 4.90 Å². The van der Waals surface area contributed by atoms with Gasteiger partial charge in [-0.3, -0.25) is 10.1 Å². The van der Waals surface area contributed by atoms with E-state index >= 15 is 0 Å². The SMILES string of the molecule is CC(C)C(NS(=O)(=O)c1ccc2ccccc2c1)C(=O)Nc1nnc(-c2ccccc2)s1. The highest BCUT2D eigenvalue weighted by atomic mass is 32.2. The van der Waals surface area contributed by atoms with Crippen LogP contribution in [0.25, 0.3) is 21.3 Å². The molecule has 0 spiro atoms. The maximum atomic E-state index is 13.0. The number of carbonyl (C=O) groups is 1. The van der Waals surface area contributed by atoms with Gasteiger partial charge in [-0.25, -0.2) is 8.42 Å². The van der Waals surface area contributed by atoms with Crippen molar-refractivity contribution >= 4 is 43.2 Å². The summed E-state index contributed by atoms with van der Waals surface area (Å²) in [6.07, 6.45) is 0. The summed E-state index contributed by atoms with van der Waals surface area (Å²) < 4.78 is 28.6. The van der Waals surface area contributed by atoms with Gasteiger partial charge in [0, 0.05) is 5.56 Å². The molecular formula is C23H22N4O3S2. The number of amides is 1. The summed E-state index contributed by atoms with van der Waals surface area (Å²) in [6.45, 7) is 3.56. The fourth-order valence-electron chi connectivity index (χ4n) is 3.22. The van der Waals surface area contributed by atoms with Crippen LogP contribution >= 0.6 is 11.3 Å². The molecule has 0 bridgehead atoms. The van der Waals surface area contributed by atoms with Gasteiger partial charge in [-0.05, 0) is 28.8 Å². The second kappa shape index (κ2) is 9.15. The van der Waals surface area contributed by atoms with E-state index in [-0.39, 0.29) is 10.8 Å². The molecule has 1 aromatic heterocycles. The van der Waals surface area contributed by atoms with Crippen molar-refractivity contribution in [3.05, 3.63) is 72.8 Å². The maximum absolute atomic E-state index is 13.0. The number of rotatable bonds is 7. The first-order chi connectivity index (χ1) is 15.3. The second-order valence-corrected chi connectivity index (χ2v) is 10.3. The highest BCUT2D eigenvalue weighted by Crippen LogP contribution is 2.26. The Hall–Kier alpha value is -3.14. The summed E-state index contributed by atoms with van der Waals surface area (Å²) in [4.78, 5) is 13.0. The lowest BCUT2D eigenvalue weighted by Crippen LogP contribution is -2.47. The molecule has 3 aromatic carbocycles. The predicted molar refractivity (Wildman–Crippen MR) is 127 cm³/mol. The molecule has 0 saturated carbocycles. The van der Waals surface area contributed by atoms with Crippen molar-refractivity contribution in [2.45, 2.75) is 24.8 Å². The minimum absolute atomic E-state index is 0.108. The summed E-state index contributed by atoms with van der Waals surface area (Å²) in [6, 6.07) is 20.9. The maximum Gasteiger partial charge on any atom is 0.244 e. The smallest absolute Gasteiger partial charge is 0.244 e. The third-order valence-corrected chi connectivity index (χ3v) is 7.26. The van der Waals surface area contributed by atoms with Crippen LogP contribution in [0.15, 0.2) is 77.7 Å². The number of aromatic nitrogens is 2. The molecular weight excluding hydrogens is 444 g/mol. The molecule has 0 aliphatic heterocycles. The van der Waals surface area contributed by atoms with Crippen molar-refractivity contribution in [3.63, 3.8) is 0 Å². The number of nitrogens with zero attached hydrogens (tertiary/aromatic N) is 2. The van der Waals surface area contributed by atoms with E-state index in [2.05, 4.69) is 20.2 Å². The Morgan fingerprint density at radius 2 is 1.59 bits per heavy atom. The Morgan fingerprint density at radius 3 is 2.31 bits per heavy atom. The van der Waals surface area contributed by atoms with Crippen molar-refractivity contribution in [1.29, 1.82) is 0 Å². The van der Waals surface area contributed by atoms with Crippen molar-refractivity contribution in [1.82, 2.24) is 14.9 Å². The second-order valence-electron chi connectivity index (χ2n) is 7.62. The van der Waals surface area contributed by atoms with Crippen LogP contribution in [0.2, 0.25) is 0 Å². The van der Waals surface area contributed by atoms with E-state index in [9.17, 15) is 13.2 Å². The monoisotopic (exact) mass is 466 g/mol. The first kappa shape index (κ1) is 22.1. The molecule has 7 nitrogen and oxygen atoms in total. The molecule has 4 aromatic rings. The molecule has 32 heavy (non-hydrogen) atoms. The van der Waals surface area contributed by atoms with Gasteiger partial charge in [-0.15, -0.1) is 10.2 Å². The van der Waals surface area contributed by atoms with Crippen molar-refractivity contribution in [2.75, 3.05) is 5.32 Å². The molecule has 2 N–H and O–H groups in total. The van der Waals surface area contributed by atoms with Gasteiger partial charge in [-0.1, -0.05) is 85.8 Å². The largest absolute Gasteiger partial charge is 0.299 e. The van der Waals surface area contributed by atoms with E-state index in [0.29, 0.717) is 10.1 Å². The van der Waals surface area contributed by atoms with Gasteiger partial charge in [0.25, 0.3) is 0 Å². The molecule has 9 heteroatoms. The van der Waals surface area contributed by atoms with Gasteiger partial charge >= 0.3 is 0 Å². The Labute approximate surface area is 190 Å². The Bertz CT molecular complexity index is 1350. The quantitative estimate of drug-likeness (QED) is 0.423.